The molecule has 158 valence electrons. The number of benzene rings is 2. The molecule has 2 amide bonds. The Morgan fingerprint density at radius 1 is 1.06 bits per heavy atom. The molecule has 0 saturated heterocycles. The molecule has 1 N–H and O–H groups in total. The molecule has 5 rings (SSSR count). The van der Waals surface area contributed by atoms with Crippen LogP contribution in [0.15, 0.2) is 42.5 Å². The Morgan fingerprint density at radius 2 is 1.84 bits per heavy atom. The van der Waals surface area contributed by atoms with Gasteiger partial charge in [0.1, 0.15) is 17.3 Å². The van der Waals surface area contributed by atoms with E-state index in [4.69, 9.17) is 0 Å². The first-order valence-corrected chi connectivity index (χ1v) is 10.5. The van der Waals surface area contributed by atoms with Crippen molar-refractivity contribution in [3.63, 3.8) is 0 Å². The van der Waals surface area contributed by atoms with Crippen molar-refractivity contribution in [2.45, 2.75) is 44.7 Å². The zero-order valence-corrected chi connectivity index (χ0v) is 16.8. The number of pyridine rings is 1. The van der Waals surface area contributed by atoms with Crippen LogP contribution < -0.4 is 5.32 Å². The van der Waals surface area contributed by atoms with Gasteiger partial charge in [0, 0.05) is 29.6 Å². The van der Waals surface area contributed by atoms with Crippen molar-refractivity contribution in [2.75, 3.05) is 5.32 Å². The summed E-state index contributed by atoms with van der Waals surface area (Å²) in [6.45, 7) is 0.297. The smallest absolute Gasteiger partial charge is 0.273 e. The molecule has 2 heterocycles. The second-order valence-electron chi connectivity index (χ2n) is 8.13. The molecule has 31 heavy (non-hydrogen) atoms. The summed E-state index contributed by atoms with van der Waals surface area (Å²) < 4.78 is 27.7. The number of carbonyl (C=O) groups is 2. The highest BCUT2D eigenvalue weighted by atomic mass is 19.1. The maximum atomic E-state index is 14.1. The number of aromatic nitrogens is 1. The van der Waals surface area contributed by atoms with E-state index in [0.717, 1.165) is 43.9 Å². The van der Waals surface area contributed by atoms with Crippen LogP contribution in [0, 0.1) is 11.6 Å². The van der Waals surface area contributed by atoms with E-state index in [2.05, 4.69) is 10.3 Å². The molecular weight excluding hydrogens is 400 g/mol. The molecule has 0 bridgehead atoms. The number of rotatable bonds is 3. The van der Waals surface area contributed by atoms with E-state index < -0.39 is 17.5 Å². The zero-order chi connectivity index (χ0) is 21.5. The minimum atomic E-state index is -0.732. The molecule has 1 fully saturated rings. The fourth-order valence-electron chi connectivity index (χ4n) is 4.69. The molecule has 2 aliphatic rings. The number of hydrogen-bond acceptors (Lipinski definition) is 3. The second-order valence-corrected chi connectivity index (χ2v) is 8.13. The Bertz CT molecular complexity index is 1200. The van der Waals surface area contributed by atoms with Crippen LogP contribution in [0.2, 0.25) is 0 Å². The number of halogens is 2. The van der Waals surface area contributed by atoms with Crippen molar-refractivity contribution in [1.29, 1.82) is 0 Å². The maximum absolute atomic E-state index is 14.1. The maximum Gasteiger partial charge on any atom is 0.273 e. The fourth-order valence-corrected chi connectivity index (χ4v) is 4.69. The van der Waals surface area contributed by atoms with Gasteiger partial charge in [-0.1, -0.05) is 37.5 Å². The lowest BCUT2D eigenvalue weighted by atomic mass is 9.94. The van der Waals surface area contributed by atoms with Gasteiger partial charge in [0.2, 0.25) is 0 Å². The van der Waals surface area contributed by atoms with Crippen molar-refractivity contribution >= 4 is 28.4 Å². The van der Waals surface area contributed by atoms with Crippen LogP contribution in [0.1, 0.15) is 58.5 Å². The van der Waals surface area contributed by atoms with Crippen LogP contribution in [0.5, 0.6) is 0 Å². The van der Waals surface area contributed by atoms with Gasteiger partial charge in [-0.05, 0) is 31.0 Å². The van der Waals surface area contributed by atoms with Gasteiger partial charge in [-0.25, -0.2) is 13.8 Å². The predicted molar refractivity (Wildman–Crippen MR) is 113 cm³/mol. The Hall–Kier alpha value is -3.35. The third kappa shape index (κ3) is 3.44. The molecule has 3 aromatic rings. The monoisotopic (exact) mass is 421 g/mol. The summed E-state index contributed by atoms with van der Waals surface area (Å²) in [4.78, 5) is 32.8. The van der Waals surface area contributed by atoms with Gasteiger partial charge in [0.15, 0.2) is 0 Å². The molecule has 0 radical (unpaired) electrons. The molecule has 1 aliphatic carbocycles. The number of anilines is 1. The molecule has 5 nitrogen and oxygen atoms in total. The first-order chi connectivity index (χ1) is 15.0. The Balaban J connectivity index is 1.59. The highest BCUT2D eigenvalue weighted by Crippen LogP contribution is 2.35. The van der Waals surface area contributed by atoms with Crippen molar-refractivity contribution in [3.05, 3.63) is 70.9 Å². The van der Waals surface area contributed by atoms with Crippen LogP contribution in [0.25, 0.3) is 10.9 Å². The van der Waals surface area contributed by atoms with Gasteiger partial charge < -0.3 is 10.2 Å². The highest BCUT2D eigenvalue weighted by molar-refractivity contribution is 6.16. The topological polar surface area (TPSA) is 62.3 Å². The second kappa shape index (κ2) is 7.72. The van der Waals surface area contributed by atoms with E-state index in [9.17, 15) is 18.4 Å². The lowest BCUT2D eigenvalue weighted by Crippen LogP contribution is -2.37. The lowest BCUT2D eigenvalue weighted by Gasteiger charge is -2.30. The van der Waals surface area contributed by atoms with Gasteiger partial charge in [-0.2, -0.15) is 0 Å². The van der Waals surface area contributed by atoms with Crippen molar-refractivity contribution in [3.8, 4) is 0 Å². The first-order valence-electron chi connectivity index (χ1n) is 10.5. The lowest BCUT2D eigenvalue weighted by molar-refractivity contribution is 0.0655. The van der Waals surface area contributed by atoms with Crippen LogP contribution in [0.3, 0.4) is 0 Å². The molecule has 0 unspecified atom stereocenters. The molecule has 0 spiro atoms. The summed E-state index contributed by atoms with van der Waals surface area (Å²) in [7, 11) is 0. The summed E-state index contributed by atoms with van der Waals surface area (Å²) in [5.74, 6) is -2.14. The number of nitrogens with zero attached hydrogens (tertiary/aromatic N) is 2. The quantitative estimate of drug-likeness (QED) is 0.644. The number of carbonyl (C=O) groups excluding carboxylic acids is 2. The van der Waals surface area contributed by atoms with Gasteiger partial charge >= 0.3 is 0 Å². The van der Waals surface area contributed by atoms with Crippen LogP contribution in [-0.2, 0) is 6.54 Å². The summed E-state index contributed by atoms with van der Waals surface area (Å²) in [6, 6.07) is 10.1. The summed E-state index contributed by atoms with van der Waals surface area (Å²) in [5.41, 5.74) is 1.38. The van der Waals surface area contributed by atoms with Gasteiger partial charge in [-0.15, -0.1) is 0 Å². The third-order valence-corrected chi connectivity index (χ3v) is 6.20. The fraction of sp³-hybridized carbons (Fsp3) is 0.292. The van der Waals surface area contributed by atoms with E-state index in [1.807, 2.05) is 4.90 Å². The average Bonchev–Trinajstić information content (AvgIpc) is 3.11. The number of para-hydroxylation sites is 1. The predicted octanol–water partition coefficient (Wildman–Crippen LogP) is 5.05. The third-order valence-electron chi connectivity index (χ3n) is 6.20. The van der Waals surface area contributed by atoms with Crippen LogP contribution in [-0.4, -0.2) is 27.7 Å². The van der Waals surface area contributed by atoms with E-state index in [1.54, 1.807) is 24.3 Å². The van der Waals surface area contributed by atoms with E-state index in [1.165, 1.54) is 6.42 Å². The van der Waals surface area contributed by atoms with Gasteiger partial charge in [-0.3, -0.25) is 9.59 Å². The van der Waals surface area contributed by atoms with Crippen molar-refractivity contribution < 1.29 is 18.4 Å². The zero-order valence-electron chi connectivity index (χ0n) is 16.8. The first kappa shape index (κ1) is 19.6. The molecule has 1 saturated carbocycles. The molecule has 0 atom stereocenters. The molecule has 2 aromatic carbocycles. The van der Waals surface area contributed by atoms with E-state index >= 15 is 0 Å². The van der Waals surface area contributed by atoms with E-state index in [0.29, 0.717) is 23.0 Å². The number of fused-ring (bicyclic) bond motifs is 2. The highest BCUT2D eigenvalue weighted by Gasteiger charge is 2.38. The Kier molecular flexibility index (Phi) is 4.88. The summed E-state index contributed by atoms with van der Waals surface area (Å²) in [5, 5.41) is 3.06. The number of nitrogens with one attached hydrogen (secondary N) is 1. The van der Waals surface area contributed by atoms with E-state index in [-0.39, 0.29) is 28.9 Å². The standard InChI is InChI=1S/C24H21F2N3O2/c25-14-10-11-18(26)20(12-14)28-23(30)21-16-8-4-5-9-19(16)27-22-17(21)13-29(24(22)31)15-6-2-1-3-7-15/h4-5,8-12,15H,1-3,6-7,13H2,(H,28,30). The van der Waals surface area contributed by atoms with Gasteiger partial charge in [0.25, 0.3) is 11.8 Å². The minimum absolute atomic E-state index is 0.134. The van der Waals surface area contributed by atoms with Crippen molar-refractivity contribution in [2.24, 2.45) is 0 Å². The van der Waals surface area contributed by atoms with Crippen molar-refractivity contribution in [1.82, 2.24) is 9.88 Å². The molecule has 1 aromatic heterocycles. The summed E-state index contributed by atoms with van der Waals surface area (Å²) >= 11 is 0. The van der Waals surface area contributed by atoms with Crippen LogP contribution >= 0.6 is 0 Å². The van der Waals surface area contributed by atoms with Crippen LogP contribution in [0.4, 0.5) is 14.5 Å². The SMILES string of the molecule is O=C(Nc1cc(F)ccc1F)c1c2c(nc3ccccc13)C(=O)N(C1CCCCC1)C2. The number of hydrogen-bond donors (Lipinski definition) is 1. The molecule has 1 aliphatic heterocycles. The summed E-state index contributed by atoms with van der Waals surface area (Å²) in [6.07, 6.45) is 5.20. The Labute approximate surface area is 178 Å². The average molecular weight is 421 g/mol. The number of amides is 2. The normalized spacial score (nSPS) is 16.6. The van der Waals surface area contributed by atoms with Gasteiger partial charge in [0.05, 0.1) is 16.8 Å². The molecule has 7 heteroatoms. The molecular formula is C24H21F2N3O2. The largest absolute Gasteiger partial charge is 0.330 e. The Morgan fingerprint density at radius 3 is 2.65 bits per heavy atom. The minimum Gasteiger partial charge on any atom is -0.330 e.